The Morgan fingerprint density at radius 2 is 1.50 bits per heavy atom. The van der Waals surface area contributed by atoms with E-state index in [1.165, 1.54) is 0 Å². The summed E-state index contributed by atoms with van der Waals surface area (Å²) in [6.07, 6.45) is 3.66. The number of ether oxygens (including phenoxy) is 1. The van der Waals surface area contributed by atoms with E-state index in [0.29, 0.717) is 0 Å². The average Bonchev–Trinajstić information content (AvgIpc) is 3.40. The van der Waals surface area contributed by atoms with Crippen molar-refractivity contribution in [3.05, 3.63) is 139 Å². The first kappa shape index (κ1) is 24.4. The smallest absolute Gasteiger partial charge is 0.141 e. The van der Waals surface area contributed by atoms with Gasteiger partial charge >= 0.3 is 0 Å². The summed E-state index contributed by atoms with van der Waals surface area (Å²) in [4.78, 5) is 11.6. The summed E-state index contributed by atoms with van der Waals surface area (Å²) in [6, 6.07) is 38.9. The number of para-hydroxylation sites is 1. The van der Waals surface area contributed by atoms with E-state index in [0.717, 1.165) is 73.0 Å². The Kier molecular flexibility index (Phi) is 5.41. The zero-order valence-corrected chi connectivity index (χ0v) is 23.3. The minimum atomic E-state index is -0.331. The summed E-state index contributed by atoms with van der Waals surface area (Å²) in [5.41, 5.74) is 7.68. The SMILES string of the molecule is CC1(C)c2cccnc2N(c2cccc(Oc3cccc(-c4ccccn4)c3)c2)c2ccc3c(oc4ccccc43)c21. The lowest BCUT2D eigenvalue weighted by molar-refractivity contribution is 0.483. The summed E-state index contributed by atoms with van der Waals surface area (Å²) in [6.45, 7) is 4.51. The number of hydrogen-bond acceptors (Lipinski definition) is 5. The molecule has 0 unspecified atom stereocenters. The summed E-state index contributed by atoms with van der Waals surface area (Å²) < 4.78 is 13.0. The van der Waals surface area contributed by atoms with Crippen molar-refractivity contribution in [2.75, 3.05) is 4.90 Å². The monoisotopic (exact) mass is 545 g/mol. The molecule has 0 N–H and O–H groups in total. The topological polar surface area (TPSA) is 51.4 Å². The van der Waals surface area contributed by atoms with Crippen molar-refractivity contribution in [3.63, 3.8) is 0 Å². The number of hydrogen-bond donors (Lipinski definition) is 0. The first-order valence-corrected chi connectivity index (χ1v) is 14.1. The molecule has 0 radical (unpaired) electrons. The van der Waals surface area contributed by atoms with Crippen LogP contribution in [0.2, 0.25) is 0 Å². The first-order valence-electron chi connectivity index (χ1n) is 14.1. The molecular weight excluding hydrogens is 518 g/mol. The highest BCUT2D eigenvalue weighted by atomic mass is 16.5. The lowest BCUT2D eigenvalue weighted by atomic mass is 9.74. The Morgan fingerprint density at radius 3 is 2.38 bits per heavy atom. The van der Waals surface area contributed by atoms with E-state index in [9.17, 15) is 0 Å². The Hall–Kier alpha value is -5.42. The maximum absolute atomic E-state index is 6.56. The predicted molar refractivity (Wildman–Crippen MR) is 168 cm³/mol. The Labute approximate surface area is 243 Å². The molecular formula is C37H27N3O2. The van der Waals surface area contributed by atoms with Crippen LogP contribution in [0, 0.1) is 0 Å². The lowest BCUT2D eigenvalue weighted by Crippen LogP contribution is -2.31. The van der Waals surface area contributed by atoms with Gasteiger partial charge in [-0.25, -0.2) is 4.98 Å². The highest BCUT2D eigenvalue weighted by molar-refractivity contribution is 6.09. The van der Waals surface area contributed by atoms with Crippen LogP contribution in [-0.2, 0) is 5.41 Å². The van der Waals surface area contributed by atoms with Gasteiger partial charge in [-0.05, 0) is 60.7 Å². The molecule has 0 bridgehead atoms. The van der Waals surface area contributed by atoms with Gasteiger partial charge in [0.25, 0.3) is 0 Å². The van der Waals surface area contributed by atoms with E-state index >= 15 is 0 Å². The van der Waals surface area contributed by atoms with Gasteiger partial charge in [-0.1, -0.05) is 62.4 Å². The molecule has 0 amide bonds. The Balaban J connectivity index is 1.26. The van der Waals surface area contributed by atoms with Crippen LogP contribution >= 0.6 is 0 Å². The summed E-state index contributed by atoms with van der Waals surface area (Å²) in [5.74, 6) is 2.39. The van der Waals surface area contributed by atoms with Gasteiger partial charge in [0.15, 0.2) is 0 Å². The van der Waals surface area contributed by atoms with E-state index in [2.05, 4.69) is 66.2 Å². The van der Waals surface area contributed by atoms with Gasteiger partial charge in [0.05, 0.1) is 17.1 Å². The van der Waals surface area contributed by atoms with Crippen molar-refractivity contribution >= 4 is 39.1 Å². The van der Waals surface area contributed by atoms with Gasteiger partial charge in [-0.3, -0.25) is 9.88 Å². The van der Waals surface area contributed by atoms with Crippen molar-refractivity contribution in [2.24, 2.45) is 0 Å². The molecule has 5 nitrogen and oxygen atoms in total. The molecule has 1 aliphatic heterocycles. The molecule has 7 aromatic rings. The van der Waals surface area contributed by atoms with Crippen molar-refractivity contribution in [1.82, 2.24) is 9.97 Å². The number of fused-ring (bicyclic) bond motifs is 6. The van der Waals surface area contributed by atoms with Gasteiger partial charge in [-0.2, -0.15) is 0 Å². The fourth-order valence-electron chi connectivity index (χ4n) is 6.22. The van der Waals surface area contributed by atoms with E-state index in [4.69, 9.17) is 14.1 Å². The number of rotatable bonds is 4. The second kappa shape index (κ2) is 9.32. The number of furan rings is 1. The van der Waals surface area contributed by atoms with Crippen molar-refractivity contribution in [2.45, 2.75) is 19.3 Å². The van der Waals surface area contributed by atoms with E-state index in [1.54, 1.807) is 6.20 Å². The van der Waals surface area contributed by atoms with Gasteiger partial charge in [0, 0.05) is 51.3 Å². The van der Waals surface area contributed by atoms with Gasteiger partial charge < -0.3 is 9.15 Å². The predicted octanol–water partition coefficient (Wildman–Crippen LogP) is 9.94. The minimum absolute atomic E-state index is 0.331. The molecule has 3 aromatic heterocycles. The molecule has 0 saturated carbocycles. The Bertz CT molecular complexity index is 2110. The molecule has 8 rings (SSSR count). The summed E-state index contributed by atoms with van der Waals surface area (Å²) >= 11 is 0. The molecule has 4 heterocycles. The van der Waals surface area contributed by atoms with E-state index in [-0.39, 0.29) is 5.41 Å². The van der Waals surface area contributed by atoms with Crippen LogP contribution in [0.1, 0.15) is 25.0 Å². The highest BCUT2D eigenvalue weighted by Gasteiger charge is 2.40. The molecule has 0 aliphatic carbocycles. The van der Waals surface area contributed by atoms with Gasteiger partial charge in [0.1, 0.15) is 28.5 Å². The highest BCUT2D eigenvalue weighted by Crippen LogP contribution is 2.54. The first-order chi connectivity index (χ1) is 20.6. The lowest BCUT2D eigenvalue weighted by Gasteiger charge is -2.40. The number of nitrogens with zero attached hydrogens (tertiary/aromatic N) is 3. The molecule has 0 fully saturated rings. The minimum Gasteiger partial charge on any atom is -0.457 e. The zero-order chi connectivity index (χ0) is 28.3. The fraction of sp³-hybridized carbons (Fsp3) is 0.0811. The van der Waals surface area contributed by atoms with Gasteiger partial charge in [0.2, 0.25) is 0 Å². The number of aromatic nitrogens is 2. The normalized spacial score (nSPS) is 13.6. The number of anilines is 3. The number of benzene rings is 4. The Morgan fingerprint density at radius 1 is 0.690 bits per heavy atom. The van der Waals surface area contributed by atoms with Crippen molar-refractivity contribution in [1.29, 1.82) is 0 Å². The summed E-state index contributed by atoms with van der Waals surface area (Å²) in [5, 5.41) is 2.24. The zero-order valence-electron chi connectivity index (χ0n) is 23.3. The molecule has 1 aliphatic rings. The molecule has 202 valence electrons. The van der Waals surface area contributed by atoms with Crippen molar-refractivity contribution in [3.8, 4) is 22.8 Å². The van der Waals surface area contributed by atoms with Crippen LogP contribution in [0.25, 0.3) is 33.2 Å². The molecule has 0 atom stereocenters. The summed E-state index contributed by atoms with van der Waals surface area (Å²) in [7, 11) is 0. The second-order valence-corrected chi connectivity index (χ2v) is 11.1. The second-order valence-electron chi connectivity index (χ2n) is 11.1. The number of pyridine rings is 2. The molecule has 5 heteroatoms. The van der Waals surface area contributed by atoms with Crippen molar-refractivity contribution < 1.29 is 9.15 Å². The van der Waals surface area contributed by atoms with E-state index < -0.39 is 0 Å². The quantitative estimate of drug-likeness (QED) is 0.220. The van der Waals surface area contributed by atoms with Crippen LogP contribution < -0.4 is 9.64 Å². The fourth-order valence-corrected chi connectivity index (χ4v) is 6.22. The molecule has 42 heavy (non-hydrogen) atoms. The van der Waals surface area contributed by atoms with Crippen LogP contribution in [0.3, 0.4) is 0 Å². The van der Waals surface area contributed by atoms with Crippen LogP contribution in [0.5, 0.6) is 11.5 Å². The third-order valence-corrected chi connectivity index (χ3v) is 8.17. The van der Waals surface area contributed by atoms with Crippen LogP contribution in [0.4, 0.5) is 17.2 Å². The van der Waals surface area contributed by atoms with Crippen LogP contribution in [-0.4, -0.2) is 9.97 Å². The maximum atomic E-state index is 6.56. The third kappa shape index (κ3) is 3.78. The molecule has 4 aromatic carbocycles. The molecule has 0 spiro atoms. The molecule has 0 saturated heterocycles. The largest absolute Gasteiger partial charge is 0.457 e. The van der Waals surface area contributed by atoms with Crippen LogP contribution in [0.15, 0.2) is 132 Å². The maximum Gasteiger partial charge on any atom is 0.141 e. The third-order valence-electron chi connectivity index (χ3n) is 8.17. The van der Waals surface area contributed by atoms with E-state index in [1.807, 2.05) is 79.0 Å². The standard InChI is InChI=1S/C37H27N3O2/c1-37(2)30-15-9-21-39-36(30)40(32-19-18-29-28-14-3-4-17-33(28)42-35(29)34(32)37)25-11-8-13-27(23-25)41-26-12-7-10-24(22-26)31-16-5-6-20-38-31/h3-23H,1-2H3. The van der Waals surface area contributed by atoms with Gasteiger partial charge in [-0.15, -0.1) is 0 Å². The average molecular weight is 546 g/mol.